The number of ether oxygens (including phenoxy) is 1. The summed E-state index contributed by atoms with van der Waals surface area (Å²) in [7, 11) is 0. The van der Waals surface area contributed by atoms with E-state index in [4.69, 9.17) is 4.74 Å². The van der Waals surface area contributed by atoms with Crippen LogP contribution in [0.15, 0.2) is 66.4 Å². The lowest BCUT2D eigenvalue weighted by Crippen LogP contribution is -2.31. The number of rotatable bonds is 6. The zero-order valence-electron chi connectivity index (χ0n) is 14.1. The van der Waals surface area contributed by atoms with Crippen LogP contribution in [0.2, 0.25) is 0 Å². The van der Waals surface area contributed by atoms with Crippen molar-refractivity contribution in [1.82, 2.24) is 5.32 Å². The summed E-state index contributed by atoms with van der Waals surface area (Å²) in [6.45, 7) is 2.80. The average Bonchev–Trinajstić information content (AvgIpc) is 2.61. The van der Waals surface area contributed by atoms with E-state index >= 15 is 0 Å². The molecule has 0 aliphatic rings. The van der Waals surface area contributed by atoms with Crippen LogP contribution in [0.25, 0.3) is 6.08 Å². The SMILES string of the molecule is CC(=O)N/C(=C\c1ccccc1)C(=O)O[C@@H](C)C(=O)c1ccccc1. The number of esters is 1. The maximum absolute atomic E-state index is 12.4. The van der Waals surface area contributed by atoms with Crippen LogP contribution in [0.5, 0.6) is 0 Å². The van der Waals surface area contributed by atoms with Gasteiger partial charge in [-0.05, 0) is 18.6 Å². The van der Waals surface area contributed by atoms with Crippen LogP contribution in [-0.4, -0.2) is 23.8 Å². The zero-order valence-corrected chi connectivity index (χ0v) is 14.1. The third-order valence-corrected chi connectivity index (χ3v) is 3.35. The summed E-state index contributed by atoms with van der Waals surface area (Å²) >= 11 is 0. The Morgan fingerprint density at radius 3 is 2.08 bits per heavy atom. The van der Waals surface area contributed by atoms with Crippen molar-refractivity contribution in [3.63, 3.8) is 0 Å². The Labute approximate surface area is 146 Å². The number of nitrogens with one attached hydrogen (secondary N) is 1. The Bertz CT molecular complexity index is 782. The minimum Gasteiger partial charge on any atom is -0.450 e. The maximum Gasteiger partial charge on any atom is 0.355 e. The Morgan fingerprint density at radius 2 is 1.52 bits per heavy atom. The van der Waals surface area contributed by atoms with Gasteiger partial charge in [0.15, 0.2) is 6.10 Å². The molecule has 0 radical (unpaired) electrons. The minimum absolute atomic E-state index is 0.0218. The maximum atomic E-state index is 12.4. The molecule has 0 bridgehead atoms. The monoisotopic (exact) mass is 337 g/mol. The van der Waals surface area contributed by atoms with Crippen molar-refractivity contribution in [2.45, 2.75) is 20.0 Å². The van der Waals surface area contributed by atoms with Gasteiger partial charge in [0.05, 0.1) is 0 Å². The second kappa shape index (κ2) is 8.59. The number of carbonyl (C=O) groups is 3. The molecule has 0 unspecified atom stereocenters. The molecule has 2 rings (SSSR count). The van der Waals surface area contributed by atoms with Crippen molar-refractivity contribution < 1.29 is 19.1 Å². The van der Waals surface area contributed by atoms with E-state index in [1.165, 1.54) is 19.9 Å². The van der Waals surface area contributed by atoms with E-state index in [9.17, 15) is 14.4 Å². The summed E-state index contributed by atoms with van der Waals surface area (Å²) in [6.07, 6.45) is 0.534. The van der Waals surface area contributed by atoms with E-state index in [2.05, 4.69) is 5.32 Å². The largest absolute Gasteiger partial charge is 0.450 e. The summed E-state index contributed by atoms with van der Waals surface area (Å²) < 4.78 is 5.23. The number of hydrogen-bond acceptors (Lipinski definition) is 4. The molecule has 0 aliphatic carbocycles. The first kappa shape index (κ1) is 18.1. The second-order valence-electron chi connectivity index (χ2n) is 5.43. The van der Waals surface area contributed by atoms with Gasteiger partial charge in [-0.1, -0.05) is 60.7 Å². The number of carbonyl (C=O) groups excluding carboxylic acids is 3. The van der Waals surface area contributed by atoms with Crippen LogP contribution in [0.1, 0.15) is 29.8 Å². The highest BCUT2D eigenvalue weighted by atomic mass is 16.5. The predicted molar refractivity (Wildman–Crippen MR) is 94.6 cm³/mol. The fourth-order valence-electron chi connectivity index (χ4n) is 2.17. The van der Waals surface area contributed by atoms with E-state index in [0.29, 0.717) is 5.56 Å². The molecule has 2 aromatic carbocycles. The first-order valence-corrected chi connectivity index (χ1v) is 7.82. The van der Waals surface area contributed by atoms with Crippen molar-refractivity contribution >= 4 is 23.7 Å². The van der Waals surface area contributed by atoms with Crippen LogP contribution >= 0.6 is 0 Å². The van der Waals surface area contributed by atoms with Gasteiger partial charge in [0.2, 0.25) is 11.7 Å². The molecule has 0 aromatic heterocycles. The number of benzene rings is 2. The summed E-state index contributed by atoms with van der Waals surface area (Å²) in [5, 5.41) is 2.45. The number of ketones is 1. The lowest BCUT2D eigenvalue weighted by molar-refractivity contribution is -0.142. The van der Waals surface area contributed by atoms with Crippen LogP contribution in [0.4, 0.5) is 0 Å². The van der Waals surface area contributed by atoms with Gasteiger partial charge in [0.25, 0.3) is 0 Å². The third kappa shape index (κ3) is 5.42. The van der Waals surface area contributed by atoms with Gasteiger partial charge in [-0.3, -0.25) is 9.59 Å². The molecule has 0 spiro atoms. The molecular formula is C20H19NO4. The lowest BCUT2D eigenvalue weighted by Gasteiger charge is -2.14. The zero-order chi connectivity index (χ0) is 18.2. The first-order chi connectivity index (χ1) is 12.0. The van der Waals surface area contributed by atoms with Gasteiger partial charge in [0.1, 0.15) is 5.70 Å². The predicted octanol–water partition coefficient (Wildman–Crippen LogP) is 2.98. The van der Waals surface area contributed by atoms with Crippen molar-refractivity contribution in [1.29, 1.82) is 0 Å². The number of Topliss-reactive ketones (excluding diaryl/α,β-unsaturated/α-hetero) is 1. The molecule has 128 valence electrons. The van der Waals surface area contributed by atoms with Crippen LogP contribution in [0, 0.1) is 0 Å². The Hall–Kier alpha value is -3.21. The molecule has 0 aliphatic heterocycles. The topological polar surface area (TPSA) is 72.5 Å². The van der Waals surface area contributed by atoms with Gasteiger partial charge in [0, 0.05) is 12.5 Å². The minimum atomic E-state index is -0.970. The highest BCUT2D eigenvalue weighted by molar-refractivity contribution is 6.03. The van der Waals surface area contributed by atoms with Gasteiger partial charge in [-0.25, -0.2) is 4.79 Å². The molecule has 2 aromatic rings. The third-order valence-electron chi connectivity index (χ3n) is 3.35. The molecular weight excluding hydrogens is 318 g/mol. The highest BCUT2D eigenvalue weighted by Gasteiger charge is 2.22. The lowest BCUT2D eigenvalue weighted by atomic mass is 10.1. The Morgan fingerprint density at radius 1 is 0.960 bits per heavy atom. The van der Waals surface area contributed by atoms with Gasteiger partial charge < -0.3 is 10.1 Å². The van der Waals surface area contributed by atoms with E-state index < -0.39 is 18.0 Å². The second-order valence-corrected chi connectivity index (χ2v) is 5.43. The molecule has 0 heterocycles. The van der Waals surface area contributed by atoms with Crippen LogP contribution < -0.4 is 5.32 Å². The summed E-state index contributed by atoms with van der Waals surface area (Å²) in [4.78, 5) is 36.0. The Balaban J connectivity index is 2.15. The molecule has 5 nitrogen and oxygen atoms in total. The van der Waals surface area contributed by atoms with E-state index in [1.807, 2.05) is 18.2 Å². The van der Waals surface area contributed by atoms with Crippen LogP contribution in [0.3, 0.4) is 0 Å². The van der Waals surface area contributed by atoms with Gasteiger partial charge in [-0.15, -0.1) is 0 Å². The fraction of sp³-hybridized carbons (Fsp3) is 0.150. The highest BCUT2D eigenvalue weighted by Crippen LogP contribution is 2.10. The summed E-state index contributed by atoms with van der Waals surface area (Å²) in [5.74, 6) is -1.48. The van der Waals surface area contributed by atoms with Crippen molar-refractivity contribution in [2.75, 3.05) is 0 Å². The smallest absolute Gasteiger partial charge is 0.355 e. The molecule has 1 atom stereocenters. The van der Waals surface area contributed by atoms with E-state index in [-0.39, 0.29) is 11.5 Å². The van der Waals surface area contributed by atoms with E-state index in [1.54, 1.807) is 42.5 Å². The molecule has 0 fully saturated rings. The molecule has 5 heteroatoms. The average molecular weight is 337 g/mol. The number of amides is 1. The van der Waals surface area contributed by atoms with E-state index in [0.717, 1.165) is 5.56 Å². The fourth-order valence-corrected chi connectivity index (χ4v) is 2.17. The molecule has 25 heavy (non-hydrogen) atoms. The normalized spacial score (nSPS) is 12.2. The number of hydrogen-bond donors (Lipinski definition) is 1. The molecule has 0 saturated carbocycles. The molecule has 1 amide bonds. The van der Waals surface area contributed by atoms with Crippen molar-refractivity contribution in [2.24, 2.45) is 0 Å². The summed E-state index contributed by atoms with van der Waals surface area (Å²) in [5.41, 5.74) is 1.16. The van der Waals surface area contributed by atoms with Crippen molar-refractivity contribution in [3.8, 4) is 0 Å². The van der Waals surface area contributed by atoms with Gasteiger partial charge >= 0.3 is 5.97 Å². The molecule has 1 N–H and O–H groups in total. The standard InChI is InChI=1S/C20H19NO4/c1-14(19(23)17-11-7-4-8-12-17)25-20(24)18(21-15(2)22)13-16-9-5-3-6-10-16/h3-14H,1-2H3,(H,21,22)/b18-13-/t14-/m0/s1. The quantitative estimate of drug-likeness (QED) is 0.500. The summed E-state index contributed by atoms with van der Waals surface area (Å²) in [6, 6.07) is 17.6. The Kier molecular flexibility index (Phi) is 6.23. The first-order valence-electron chi connectivity index (χ1n) is 7.82. The van der Waals surface area contributed by atoms with Gasteiger partial charge in [-0.2, -0.15) is 0 Å². The van der Waals surface area contributed by atoms with Crippen LogP contribution in [-0.2, 0) is 14.3 Å². The molecule has 0 saturated heterocycles. The van der Waals surface area contributed by atoms with Crippen molar-refractivity contribution in [3.05, 3.63) is 77.5 Å².